The van der Waals surface area contributed by atoms with Crippen LogP contribution in [0.25, 0.3) is 10.9 Å². The predicted octanol–water partition coefficient (Wildman–Crippen LogP) is 4.55. The Morgan fingerprint density at radius 1 is 1.17 bits per heavy atom. The summed E-state index contributed by atoms with van der Waals surface area (Å²) in [5, 5.41) is 13.9. The number of H-pyrrole nitrogens is 1. The molecule has 1 fully saturated rings. The monoisotopic (exact) mass is 486 g/mol. The maximum Gasteiger partial charge on any atom is 0.252 e. The highest BCUT2D eigenvalue weighted by Gasteiger charge is 2.28. The second-order valence-corrected chi connectivity index (χ2v) is 9.76. The first-order chi connectivity index (χ1) is 17.6. The van der Waals surface area contributed by atoms with Crippen LogP contribution < -0.4 is 5.56 Å². The second-order valence-electron chi connectivity index (χ2n) is 9.76. The van der Waals surface area contributed by atoms with Crippen LogP contribution in [0.4, 0.5) is 0 Å². The van der Waals surface area contributed by atoms with Gasteiger partial charge in [-0.05, 0) is 65.3 Å². The molecule has 0 amide bonds. The van der Waals surface area contributed by atoms with Gasteiger partial charge in [-0.3, -0.25) is 9.69 Å². The van der Waals surface area contributed by atoms with Gasteiger partial charge in [-0.15, -0.1) is 5.10 Å². The molecule has 3 heterocycles. The molecule has 188 valence electrons. The van der Waals surface area contributed by atoms with Gasteiger partial charge in [0.2, 0.25) is 0 Å². The van der Waals surface area contributed by atoms with Crippen LogP contribution in [-0.4, -0.2) is 42.8 Å². The summed E-state index contributed by atoms with van der Waals surface area (Å²) in [6.07, 6.45) is 4.09. The number of aryl methyl sites for hydroxylation is 1. The molecule has 5 rings (SSSR count). The van der Waals surface area contributed by atoms with E-state index in [9.17, 15) is 4.79 Å². The smallest absolute Gasteiger partial charge is 0.252 e. The topological polar surface area (TPSA) is 88.9 Å². The average Bonchev–Trinajstić information content (AvgIpc) is 3.56. The van der Waals surface area contributed by atoms with Crippen molar-refractivity contribution in [1.82, 2.24) is 30.1 Å². The third-order valence-electron chi connectivity index (χ3n) is 6.94. The Hall–Kier alpha value is -3.36. The number of ether oxygens (including phenoxy) is 1. The third kappa shape index (κ3) is 5.55. The summed E-state index contributed by atoms with van der Waals surface area (Å²) >= 11 is 0. The van der Waals surface area contributed by atoms with E-state index in [4.69, 9.17) is 4.74 Å². The molecule has 1 aliphatic heterocycles. The molecule has 1 N–H and O–H groups in total. The zero-order valence-electron chi connectivity index (χ0n) is 21.1. The van der Waals surface area contributed by atoms with E-state index in [0.717, 1.165) is 60.1 Å². The Morgan fingerprint density at radius 3 is 2.81 bits per heavy atom. The van der Waals surface area contributed by atoms with Crippen LogP contribution in [0.5, 0.6) is 0 Å². The van der Waals surface area contributed by atoms with Gasteiger partial charge in [-0.1, -0.05) is 55.8 Å². The maximum atomic E-state index is 13.2. The molecule has 2 aromatic carbocycles. The van der Waals surface area contributed by atoms with E-state index in [2.05, 4.69) is 68.7 Å². The highest BCUT2D eigenvalue weighted by Crippen LogP contribution is 2.28. The highest BCUT2D eigenvalue weighted by molar-refractivity contribution is 5.79. The van der Waals surface area contributed by atoms with Crippen molar-refractivity contribution < 1.29 is 4.74 Å². The number of hydrogen-bond acceptors (Lipinski definition) is 6. The first-order valence-electron chi connectivity index (χ1n) is 12.9. The number of hydrogen-bond donors (Lipinski definition) is 1. The van der Waals surface area contributed by atoms with Crippen LogP contribution in [0, 0.1) is 6.92 Å². The molecule has 0 saturated carbocycles. The van der Waals surface area contributed by atoms with Gasteiger partial charge in [0.25, 0.3) is 5.56 Å². The molecule has 1 saturated heterocycles. The Kier molecular flexibility index (Phi) is 7.53. The highest BCUT2D eigenvalue weighted by atomic mass is 16.5. The summed E-state index contributed by atoms with van der Waals surface area (Å²) in [6.45, 7) is 6.83. The van der Waals surface area contributed by atoms with Crippen molar-refractivity contribution in [3.8, 4) is 0 Å². The average molecular weight is 487 g/mol. The SMILES string of the molecule is CCC[C@@H](c1nnnn1C[C@H]1CCCO1)N(Cc1ccccc1)Cc1cc2ccc(C)cc2[nH]c1=O. The molecule has 0 spiro atoms. The van der Waals surface area contributed by atoms with Crippen molar-refractivity contribution in [3.63, 3.8) is 0 Å². The van der Waals surface area contributed by atoms with Crippen LogP contribution in [0.15, 0.2) is 59.4 Å². The molecule has 2 aromatic heterocycles. The van der Waals surface area contributed by atoms with E-state index in [1.54, 1.807) is 0 Å². The second kappa shape index (κ2) is 11.1. The minimum absolute atomic E-state index is 0.0419. The Bertz CT molecular complexity index is 1340. The van der Waals surface area contributed by atoms with Crippen molar-refractivity contribution in [2.24, 2.45) is 0 Å². The zero-order valence-corrected chi connectivity index (χ0v) is 21.1. The number of fused-ring (bicyclic) bond motifs is 1. The van der Waals surface area contributed by atoms with E-state index in [1.165, 1.54) is 5.56 Å². The molecule has 1 aliphatic rings. The first kappa shape index (κ1) is 24.3. The molecule has 0 aliphatic carbocycles. The van der Waals surface area contributed by atoms with Crippen LogP contribution in [-0.2, 0) is 24.4 Å². The normalized spacial score (nSPS) is 16.7. The molecule has 8 heteroatoms. The summed E-state index contributed by atoms with van der Waals surface area (Å²) in [4.78, 5) is 18.6. The van der Waals surface area contributed by atoms with Gasteiger partial charge in [0.05, 0.1) is 18.7 Å². The minimum Gasteiger partial charge on any atom is -0.376 e. The van der Waals surface area contributed by atoms with Gasteiger partial charge in [0, 0.05) is 30.8 Å². The lowest BCUT2D eigenvalue weighted by Gasteiger charge is -2.31. The maximum absolute atomic E-state index is 13.2. The van der Waals surface area contributed by atoms with Crippen molar-refractivity contribution in [1.29, 1.82) is 0 Å². The van der Waals surface area contributed by atoms with Crippen molar-refractivity contribution in [2.75, 3.05) is 6.61 Å². The number of aromatic amines is 1. The number of tetrazole rings is 1. The lowest BCUT2D eigenvalue weighted by Crippen LogP contribution is -2.33. The number of benzene rings is 2. The number of nitrogens with zero attached hydrogens (tertiary/aromatic N) is 5. The van der Waals surface area contributed by atoms with Crippen LogP contribution >= 0.6 is 0 Å². The fourth-order valence-electron chi connectivity index (χ4n) is 5.10. The quantitative estimate of drug-likeness (QED) is 0.354. The molecule has 0 bridgehead atoms. The van der Waals surface area contributed by atoms with Gasteiger partial charge in [0.1, 0.15) is 0 Å². The standard InChI is InChI=1S/C28H34N6O2/c1-3-8-26(27-30-31-32-34(27)19-24-11-7-14-36-24)33(17-21-9-5-4-6-10-21)18-23-16-22-13-12-20(2)15-25(22)29-28(23)35/h4-6,9-10,12-13,15-16,24,26H,3,7-8,11,14,17-19H2,1-2H3,(H,29,35)/t24-,26+/m1/s1. The van der Waals surface area contributed by atoms with Gasteiger partial charge in [-0.25, -0.2) is 4.68 Å². The molecule has 0 unspecified atom stereocenters. The molecular formula is C28H34N6O2. The van der Waals surface area contributed by atoms with Gasteiger partial charge in [-0.2, -0.15) is 0 Å². The summed E-state index contributed by atoms with van der Waals surface area (Å²) in [5.41, 5.74) is 3.85. The fraction of sp³-hybridized carbons (Fsp3) is 0.429. The lowest BCUT2D eigenvalue weighted by atomic mass is 10.0. The van der Waals surface area contributed by atoms with E-state index in [1.807, 2.05) is 29.8 Å². The number of rotatable bonds is 10. The van der Waals surface area contributed by atoms with E-state index >= 15 is 0 Å². The Labute approximate surface area is 211 Å². The third-order valence-corrected chi connectivity index (χ3v) is 6.94. The summed E-state index contributed by atoms with van der Waals surface area (Å²) in [7, 11) is 0. The van der Waals surface area contributed by atoms with Crippen molar-refractivity contribution in [3.05, 3.63) is 87.5 Å². The fourth-order valence-corrected chi connectivity index (χ4v) is 5.10. The molecular weight excluding hydrogens is 452 g/mol. The largest absolute Gasteiger partial charge is 0.376 e. The molecule has 4 aromatic rings. The van der Waals surface area contributed by atoms with Gasteiger partial charge >= 0.3 is 0 Å². The Balaban J connectivity index is 1.51. The van der Waals surface area contributed by atoms with Crippen molar-refractivity contribution >= 4 is 10.9 Å². The molecule has 36 heavy (non-hydrogen) atoms. The summed E-state index contributed by atoms with van der Waals surface area (Å²) < 4.78 is 7.77. The minimum atomic E-state index is -0.0552. The zero-order chi connectivity index (χ0) is 24.9. The van der Waals surface area contributed by atoms with Crippen LogP contribution in [0.2, 0.25) is 0 Å². The predicted molar refractivity (Wildman–Crippen MR) is 139 cm³/mol. The first-order valence-corrected chi connectivity index (χ1v) is 12.9. The Morgan fingerprint density at radius 2 is 2.03 bits per heavy atom. The molecule has 8 nitrogen and oxygen atoms in total. The summed E-state index contributed by atoms with van der Waals surface area (Å²) in [5.74, 6) is 0.830. The summed E-state index contributed by atoms with van der Waals surface area (Å²) in [6, 6.07) is 18.5. The number of aromatic nitrogens is 5. The van der Waals surface area contributed by atoms with Gasteiger partial charge in [0.15, 0.2) is 5.82 Å². The van der Waals surface area contributed by atoms with E-state index in [0.29, 0.717) is 19.6 Å². The van der Waals surface area contributed by atoms with E-state index < -0.39 is 0 Å². The molecule has 0 radical (unpaired) electrons. The van der Waals surface area contributed by atoms with Crippen molar-refractivity contribution in [2.45, 2.75) is 71.3 Å². The van der Waals surface area contributed by atoms with Crippen LogP contribution in [0.1, 0.15) is 61.2 Å². The van der Waals surface area contributed by atoms with Crippen LogP contribution in [0.3, 0.4) is 0 Å². The number of nitrogens with one attached hydrogen (secondary N) is 1. The van der Waals surface area contributed by atoms with Gasteiger partial charge < -0.3 is 9.72 Å². The lowest BCUT2D eigenvalue weighted by molar-refractivity contribution is 0.0885. The van der Waals surface area contributed by atoms with E-state index in [-0.39, 0.29) is 17.7 Å². The molecule has 2 atom stereocenters. The number of pyridine rings is 1.